The van der Waals surface area contributed by atoms with E-state index in [9.17, 15) is 9.59 Å². The third-order valence-electron chi connectivity index (χ3n) is 3.89. The van der Waals surface area contributed by atoms with Gasteiger partial charge in [-0.25, -0.2) is 4.79 Å². The second kappa shape index (κ2) is 5.18. The third-order valence-corrected chi connectivity index (χ3v) is 5.02. The Hall–Kier alpha value is -1.40. The Bertz CT molecular complexity index is 541. The maximum atomic E-state index is 12.4. The predicted octanol–water partition coefficient (Wildman–Crippen LogP) is 1.47. The fraction of sp³-hybridized carbons (Fsp3) is 0.571. The number of rotatable bonds is 3. The number of aliphatic carboxylic acids is 1. The van der Waals surface area contributed by atoms with Gasteiger partial charge in [0, 0.05) is 28.1 Å². The first kappa shape index (κ1) is 13.6. The van der Waals surface area contributed by atoms with Gasteiger partial charge in [0.15, 0.2) is 6.10 Å². The molecule has 20 heavy (non-hydrogen) atoms. The molecule has 3 atom stereocenters. The zero-order chi connectivity index (χ0) is 14.3. The summed E-state index contributed by atoms with van der Waals surface area (Å²) in [5.74, 6) is -0.563. The van der Waals surface area contributed by atoms with E-state index in [0.717, 1.165) is 6.42 Å². The van der Waals surface area contributed by atoms with Gasteiger partial charge < -0.3 is 14.7 Å². The maximum Gasteiger partial charge on any atom is 0.334 e. The Morgan fingerprint density at radius 1 is 1.45 bits per heavy atom. The van der Waals surface area contributed by atoms with Crippen LogP contribution >= 0.6 is 11.3 Å². The van der Waals surface area contributed by atoms with E-state index in [1.54, 1.807) is 16.2 Å². The average molecular weight is 295 g/mol. The van der Waals surface area contributed by atoms with Crippen molar-refractivity contribution < 1.29 is 19.4 Å². The van der Waals surface area contributed by atoms with Crippen molar-refractivity contribution in [3.05, 3.63) is 21.9 Å². The van der Waals surface area contributed by atoms with E-state index in [2.05, 4.69) is 19.1 Å². The lowest BCUT2D eigenvalue weighted by atomic mass is 10.2. The summed E-state index contributed by atoms with van der Waals surface area (Å²) >= 11 is 1.74. The maximum absolute atomic E-state index is 12.4. The van der Waals surface area contributed by atoms with Gasteiger partial charge in [-0.2, -0.15) is 0 Å². The Labute approximate surface area is 121 Å². The van der Waals surface area contributed by atoms with E-state index >= 15 is 0 Å². The Morgan fingerprint density at radius 3 is 2.90 bits per heavy atom. The molecule has 0 bridgehead atoms. The van der Waals surface area contributed by atoms with Gasteiger partial charge in [0.2, 0.25) is 5.91 Å². The molecule has 1 saturated carbocycles. The minimum Gasteiger partial charge on any atom is -0.479 e. The molecule has 2 aliphatic rings. The van der Waals surface area contributed by atoms with E-state index in [1.165, 1.54) is 9.75 Å². The molecule has 6 heteroatoms. The van der Waals surface area contributed by atoms with Crippen molar-refractivity contribution in [3.8, 4) is 0 Å². The summed E-state index contributed by atoms with van der Waals surface area (Å²) < 4.78 is 5.14. The highest BCUT2D eigenvalue weighted by Gasteiger charge is 2.47. The van der Waals surface area contributed by atoms with Gasteiger partial charge >= 0.3 is 5.97 Å². The number of carbonyl (C=O) groups is 2. The number of morpholine rings is 1. The molecule has 1 aliphatic carbocycles. The van der Waals surface area contributed by atoms with Crippen molar-refractivity contribution in [3.63, 3.8) is 0 Å². The number of amides is 1. The normalized spacial score (nSPS) is 29.2. The average Bonchev–Trinajstić information content (AvgIpc) is 3.13. The molecule has 5 nitrogen and oxygen atoms in total. The molecule has 2 heterocycles. The van der Waals surface area contributed by atoms with Crippen molar-refractivity contribution in [1.29, 1.82) is 0 Å². The number of nitrogens with zero attached hydrogens (tertiary/aromatic N) is 1. The van der Waals surface area contributed by atoms with Crippen LogP contribution in [0.3, 0.4) is 0 Å². The van der Waals surface area contributed by atoms with E-state index in [4.69, 9.17) is 9.84 Å². The lowest BCUT2D eigenvalue weighted by Crippen LogP contribution is -2.49. The molecule has 1 N–H and O–H groups in total. The van der Waals surface area contributed by atoms with Crippen LogP contribution in [0, 0.1) is 12.8 Å². The second-order valence-corrected chi connectivity index (χ2v) is 6.70. The van der Waals surface area contributed by atoms with Crippen molar-refractivity contribution in [2.45, 2.75) is 25.4 Å². The molecule has 3 rings (SSSR count). The van der Waals surface area contributed by atoms with Crippen LogP contribution in [0.5, 0.6) is 0 Å². The van der Waals surface area contributed by atoms with Crippen LogP contribution in [0.4, 0.5) is 0 Å². The molecule has 0 spiro atoms. The molecular formula is C14H17NO4S. The predicted molar refractivity (Wildman–Crippen MR) is 73.9 cm³/mol. The fourth-order valence-corrected chi connectivity index (χ4v) is 3.72. The monoisotopic (exact) mass is 295 g/mol. The lowest BCUT2D eigenvalue weighted by molar-refractivity contribution is -0.159. The molecular weight excluding hydrogens is 278 g/mol. The molecule has 1 aromatic rings. The molecule has 1 amide bonds. The molecule has 1 aromatic heterocycles. The standard InChI is InChI=1S/C14H17NO4S/c1-8-2-3-12(20-8)9-6-10(9)13(16)15-4-5-19-11(7-15)14(17)18/h2-3,9-11H,4-7H2,1H3,(H,17,18)/t9-,10+,11-/m1/s1. The zero-order valence-corrected chi connectivity index (χ0v) is 12.1. The summed E-state index contributed by atoms with van der Waals surface area (Å²) in [6, 6.07) is 4.17. The smallest absolute Gasteiger partial charge is 0.334 e. The molecule has 1 aliphatic heterocycles. The summed E-state index contributed by atoms with van der Waals surface area (Å²) in [6.07, 6.45) is 0.00215. The lowest BCUT2D eigenvalue weighted by Gasteiger charge is -2.31. The largest absolute Gasteiger partial charge is 0.479 e. The Morgan fingerprint density at radius 2 is 2.25 bits per heavy atom. The van der Waals surface area contributed by atoms with Gasteiger partial charge in [0.05, 0.1) is 13.2 Å². The van der Waals surface area contributed by atoms with Crippen molar-refractivity contribution in [2.75, 3.05) is 19.7 Å². The highest BCUT2D eigenvalue weighted by molar-refractivity contribution is 7.12. The molecule has 108 valence electrons. The van der Waals surface area contributed by atoms with Crippen LogP contribution in [0.1, 0.15) is 22.1 Å². The van der Waals surface area contributed by atoms with E-state index in [1.807, 2.05) is 0 Å². The van der Waals surface area contributed by atoms with E-state index < -0.39 is 12.1 Å². The zero-order valence-electron chi connectivity index (χ0n) is 11.2. The van der Waals surface area contributed by atoms with Crippen molar-refractivity contribution in [2.24, 2.45) is 5.92 Å². The van der Waals surface area contributed by atoms with Crippen LogP contribution in [-0.4, -0.2) is 47.7 Å². The third kappa shape index (κ3) is 2.58. The molecule has 1 saturated heterocycles. The number of carboxylic acids is 1. The number of aryl methyl sites for hydroxylation is 1. The number of hydrogen-bond acceptors (Lipinski definition) is 4. The van der Waals surface area contributed by atoms with E-state index in [-0.39, 0.29) is 18.4 Å². The number of ether oxygens (including phenoxy) is 1. The van der Waals surface area contributed by atoms with Crippen LogP contribution in [-0.2, 0) is 14.3 Å². The topological polar surface area (TPSA) is 66.8 Å². The van der Waals surface area contributed by atoms with Gasteiger partial charge in [-0.1, -0.05) is 0 Å². The van der Waals surface area contributed by atoms with Crippen molar-refractivity contribution >= 4 is 23.2 Å². The summed E-state index contributed by atoms with van der Waals surface area (Å²) in [6.45, 7) is 3.03. The number of carboxylic acid groups (broad SMARTS) is 1. The van der Waals surface area contributed by atoms with Gasteiger partial charge in [0.1, 0.15) is 0 Å². The number of carbonyl (C=O) groups excluding carboxylic acids is 1. The van der Waals surface area contributed by atoms with Gasteiger partial charge in [-0.3, -0.25) is 4.79 Å². The second-order valence-electron chi connectivity index (χ2n) is 5.38. The quantitative estimate of drug-likeness (QED) is 0.917. The fourth-order valence-electron chi connectivity index (χ4n) is 2.67. The van der Waals surface area contributed by atoms with Gasteiger partial charge in [-0.15, -0.1) is 11.3 Å². The number of hydrogen-bond donors (Lipinski definition) is 1. The van der Waals surface area contributed by atoms with E-state index in [0.29, 0.717) is 19.1 Å². The minimum absolute atomic E-state index is 0.0283. The Kier molecular flexibility index (Phi) is 3.52. The van der Waals surface area contributed by atoms with Crippen LogP contribution in [0.15, 0.2) is 12.1 Å². The number of thiophene rings is 1. The molecule has 0 aromatic carbocycles. The van der Waals surface area contributed by atoms with Crippen LogP contribution in [0.2, 0.25) is 0 Å². The summed E-state index contributed by atoms with van der Waals surface area (Å²) in [5.41, 5.74) is 0. The summed E-state index contributed by atoms with van der Waals surface area (Å²) in [7, 11) is 0. The SMILES string of the molecule is Cc1ccc([C@@H]2C[C@@H]2C(=O)N2CCO[C@@H](C(=O)O)C2)s1. The first-order valence-corrected chi connectivity index (χ1v) is 7.57. The van der Waals surface area contributed by atoms with Crippen LogP contribution < -0.4 is 0 Å². The first-order valence-electron chi connectivity index (χ1n) is 6.76. The summed E-state index contributed by atoms with van der Waals surface area (Å²) in [4.78, 5) is 27.5. The summed E-state index contributed by atoms with van der Waals surface area (Å²) in [5, 5.41) is 8.96. The van der Waals surface area contributed by atoms with Gasteiger partial charge in [0.25, 0.3) is 0 Å². The highest BCUT2D eigenvalue weighted by atomic mass is 32.1. The minimum atomic E-state index is -0.997. The van der Waals surface area contributed by atoms with Gasteiger partial charge in [-0.05, 0) is 25.5 Å². The molecule has 0 radical (unpaired) electrons. The van der Waals surface area contributed by atoms with Crippen molar-refractivity contribution in [1.82, 2.24) is 4.90 Å². The molecule has 0 unspecified atom stereocenters. The highest BCUT2D eigenvalue weighted by Crippen LogP contribution is 2.50. The molecule has 2 fully saturated rings. The first-order chi connectivity index (χ1) is 9.56. The van der Waals surface area contributed by atoms with Crippen LogP contribution in [0.25, 0.3) is 0 Å². The Balaban J connectivity index is 1.61.